The van der Waals surface area contributed by atoms with Crippen molar-refractivity contribution < 1.29 is 0 Å². The minimum absolute atomic E-state index is 0.120. The molecule has 1 fully saturated rings. The fourth-order valence-corrected chi connectivity index (χ4v) is 3.82. The molecule has 0 amide bonds. The first kappa shape index (κ1) is 19.2. The van der Waals surface area contributed by atoms with Crippen LogP contribution < -0.4 is 10.6 Å². The van der Waals surface area contributed by atoms with Crippen molar-refractivity contribution in [1.82, 2.24) is 20.5 Å². The van der Waals surface area contributed by atoms with Gasteiger partial charge in [0, 0.05) is 37.0 Å². The van der Waals surface area contributed by atoms with Crippen LogP contribution in [0, 0.1) is 0 Å². The monoisotopic (exact) mass is 351 g/mol. The second-order valence-electron chi connectivity index (χ2n) is 7.58. The van der Waals surface area contributed by atoms with E-state index >= 15 is 0 Å². The van der Waals surface area contributed by atoms with Crippen molar-refractivity contribution in [2.45, 2.75) is 65.0 Å². The number of nitrogens with one attached hydrogen (secondary N) is 2. The van der Waals surface area contributed by atoms with Crippen LogP contribution >= 0.6 is 11.3 Å². The molecule has 0 atom stereocenters. The van der Waals surface area contributed by atoms with E-state index in [0.29, 0.717) is 6.04 Å². The van der Waals surface area contributed by atoms with Crippen molar-refractivity contribution in [2.24, 2.45) is 4.99 Å². The molecule has 0 aromatic carbocycles. The van der Waals surface area contributed by atoms with Gasteiger partial charge < -0.3 is 15.5 Å². The normalized spacial score (nSPS) is 18.0. The van der Waals surface area contributed by atoms with E-state index in [9.17, 15) is 0 Å². The summed E-state index contributed by atoms with van der Waals surface area (Å²) in [5, 5.41) is 10.3. The number of likely N-dealkylation sites (tertiary alicyclic amines) is 1. The van der Waals surface area contributed by atoms with Crippen molar-refractivity contribution >= 4 is 17.3 Å². The number of piperidine rings is 1. The molecule has 1 aliphatic rings. The summed E-state index contributed by atoms with van der Waals surface area (Å²) in [5.74, 6) is 0.884. The fraction of sp³-hybridized carbons (Fsp3) is 0.778. The second-order valence-corrected chi connectivity index (χ2v) is 8.44. The molecule has 1 aliphatic heterocycles. The summed E-state index contributed by atoms with van der Waals surface area (Å²) in [6, 6.07) is 0.518. The Morgan fingerprint density at radius 2 is 2.08 bits per heavy atom. The van der Waals surface area contributed by atoms with E-state index < -0.39 is 0 Å². The molecule has 1 aromatic rings. The lowest BCUT2D eigenvalue weighted by Gasteiger charge is -2.32. The van der Waals surface area contributed by atoms with Gasteiger partial charge in [0.1, 0.15) is 0 Å². The van der Waals surface area contributed by atoms with Crippen LogP contribution in [0.15, 0.2) is 10.4 Å². The average Bonchev–Trinajstić information content (AvgIpc) is 3.02. The van der Waals surface area contributed by atoms with Gasteiger partial charge >= 0.3 is 0 Å². The van der Waals surface area contributed by atoms with E-state index in [1.54, 1.807) is 11.3 Å². The molecule has 136 valence electrons. The van der Waals surface area contributed by atoms with E-state index in [1.165, 1.54) is 43.9 Å². The second kappa shape index (κ2) is 8.81. The first-order valence-corrected chi connectivity index (χ1v) is 9.94. The fourth-order valence-electron chi connectivity index (χ4n) is 2.91. The van der Waals surface area contributed by atoms with Crippen molar-refractivity contribution in [3.63, 3.8) is 0 Å². The number of guanidine groups is 1. The Labute approximate surface area is 151 Å². The molecule has 0 saturated carbocycles. The Morgan fingerprint density at radius 1 is 1.38 bits per heavy atom. The molecule has 24 heavy (non-hydrogen) atoms. The lowest BCUT2D eigenvalue weighted by molar-refractivity contribution is 0.206. The third-order valence-electron chi connectivity index (χ3n) is 4.32. The van der Waals surface area contributed by atoms with Gasteiger partial charge in [-0.25, -0.2) is 4.98 Å². The lowest BCUT2D eigenvalue weighted by Crippen LogP contribution is -2.48. The summed E-state index contributed by atoms with van der Waals surface area (Å²) in [6.45, 7) is 13.2. The van der Waals surface area contributed by atoms with Crippen LogP contribution in [0.25, 0.3) is 0 Å². The van der Waals surface area contributed by atoms with Gasteiger partial charge in [-0.3, -0.25) is 4.99 Å². The third-order valence-corrected chi connectivity index (χ3v) is 5.64. The zero-order chi connectivity index (χ0) is 17.6. The van der Waals surface area contributed by atoms with Gasteiger partial charge in [0.25, 0.3) is 0 Å². The van der Waals surface area contributed by atoms with Gasteiger partial charge in [0.05, 0.1) is 17.2 Å². The quantitative estimate of drug-likeness (QED) is 0.632. The standard InChI is InChI=1S/C18H33N5S/c1-6-9-23-10-7-14(8-11-23)22-17(19-5)20-12-15-13-24-16(21-15)18(2,3)4/h13-14H,6-12H2,1-5H3,(H2,19,20,22). The molecule has 0 aliphatic carbocycles. The average molecular weight is 352 g/mol. The Kier molecular flexibility index (Phi) is 7.04. The largest absolute Gasteiger partial charge is 0.354 e. The van der Waals surface area contributed by atoms with E-state index in [1.807, 2.05) is 7.05 Å². The number of aromatic nitrogens is 1. The SMILES string of the molecule is CCCN1CCC(NC(=NC)NCc2csc(C(C)(C)C)n2)CC1. The topological polar surface area (TPSA) is 52.5 Å². The van der Waals surface area contributed by atoms with Crippen LogP contribution in [0.5, 0.6) is 0 Å². The van der Waals surface area contributed by atoms with Crippen LogP contribution in [0.2, 0.25) is 0 Å². The maximum Gasteiger partial charge on any atom is 0.191 e. The summed E-state index contributed by atoms with van der Waals surface area (Å²) >= 11 is 1.74. The van der Waals surface area contributed by atoms with Crippen LogP contribution in [-0.2, 0) is 12.0 Å². The molecule has 1 saturated heterocycles. The van der Waals surface area contributed by atoms with Crippen molar-refractivity contribution in [1.29, 1.82) is 0 Å². The summed E-state index contributed by atoms with van der Waals surface area (Å²) in [4.78, 5) is 11.6. The molecular weight excluding hydrogens is 318 g/mol. The van der Waals surface area contributed by atoms with Gasteiger partial charge in [-0.15, -0.1) is 11.3 Å². The maximum atomic E-state index is 4.73. The zero-order valence-corrected chi connectivity index (χ0v) is 16.7. The number of rotatable bonds is 5. The molecule has 6 heteroatoms. The highest BCUT2D eigenvalue weighted by molar-refractivity contribution is 7.09. The minimum atomic E-state index is 0.120. The number of aliphatic imine (C=N–C) groups is 1. The molecule has 1 aromatic heterocycles. The molecule has 0 spiro atoms. The Hall–Kier alpha value is -1.14. The van der Waals surface area contributed by atoms with Crippen LogP contribution in [-0.4, -0.2) is 48.6 Å². The third kappa shape index (κ3) is 5.74. The van der Waals surface area contributed by atoms with E-state index in [2.05, 4.69) is 53.6 Å². The van der Waals surface area contributed by atoms with Crippen LogP contribution in [0.3, 0.4) is 0 Å². The summed E-state index contributed by atoms with van der Waals surface area (Å²) in [7, 11) is 1.84. The number of thiazole rings is 1. The number of hydrogen-bond acceptors (Lipinski definition) is 4. The van der Waals surface area contributed by atoms with Crippen molar-refractivity contribution in [3.05, 3.63) is 16.1 Å². The molecule has 0 unspecified atom stereocenters. The first-order valence-electron chi connectivity index (χ1n) is 9.06. The number of nitrogens with zero attached hydrogens (tertiary/aromatic N) is 3. The zero-order valence-electron chi connectivity index (χ0n) is 15.9. The van der Waals surface area contributed by atoms with Gasteiger partial charge in [0.2, 0.25) is 0 Å². The first-order chi connectivity index (χ1) is 11.4. The van der Waals surface area contributed by atoms with Gasteiger partial charge in [0.15, 0.2) is 5.96 Å². The molecule has 0 bridgehead atoms. The Balaban J connectivity index is 1.78. The molecule has 0 radical (unpaired) electrons. The van der Waals surface area contributed by atoms with E-state index in [0.717, 1.165) is 18.2 Å². The predicted octanol–water partition coefficient (Wildman–Crippen LogP) is 2.98. The van der Waals surface area contributed by atoms with E-state index in [-0.39, 0.29) is 5.41 Å². The molecule has 2 heterocycles. The van der Waals surface area contributed by atoms with Gasteiger partial charge in [-0.05, 0) is 25.8 Å². The summed E-state index contributed by atoms with van der Waals surface area (Å²) in [5.41, 5.74) is 1.21. The van der Waals surface area contributed by atoms with Crippen molar-refractivity contribution in [3.8, 4) is 0 Å². The minimum Gasteiger partial charge on any atom is -0.354 e. The Morgan fingerprint density at radius 3 is 2.62 bits per heavy atom. The van der Waals surface area contributed by atoms with Gasteiger partial charge in [-0.2, -0.15) is 0 Å². The molecular formula is C18H33N5S. The molecule has 2 N–H and O–H groups in total. The van der Waals surface area contributed by atoms with Crippen LogP contribution in [0.4, 0.5) is 0 Å². The molecule has 5 nitrogen and oxygen atoms in total. The molecule has 2 rings (SSSR count). The Bertz CT molecular complexity index is 524. The van der Waals surface area contributed by atoms with Crippen LogP contribution in [0.1, 0.15) is 57.7 Å². The highest BCUT2D eigenvalue weighted by atomic mass is 32.1. The number of hydrogen-bond donors (Lipinski definition) is 2. The maximum absolute atomic E-state index is 4.73. The highest BCUT2D eigenvalue weighted by Crippen LogP contribution is 2.25. The van der Waals surface area contributed by atoms with E-state index in [4.69, 9.17) is 4.98 Å². The predicted molar refractivity (Wildman–Crippen MR) is 104 cm³/mol. The summed E-state index contributed by atoms with van der Waals surface area (Å²) in [6.07, 6.45) is 3.61. The summed E-state index contributed by atoms with van der Waals surface area (Å²) < 4.78 is 0. The highest BCUT2D eigenvalue weighted by Gasteiger charge is 2.20. The smallest absolute Gasteiger partial charge is 0.191 e. The van der Waals surface area contributed by atoms with Crippen molar-refractivity contribution in [2.75, 3.05) is 26.7 Å². The lowest BCUT2D eigenvalue weighted by atomic mass is 9.98. The van der Waals surface area contributed by atoms with Gasteiger partial charge in [-0.1, -0.05) is 27.7 Å².